The highest BCUT2D eigenvalue weighted by Gasteiger charge is 2.11. The van der Waals surface area contributed by atoms with E-state index in [9.17, 15) is 4.79 Å². The summed E-state index contributed by atoms with van der Waals surface area (Å²) in [5.74, 6) is 1.18. The van der Waals surface area contributed by atoms with Gasteiger partial charge in [0.05, 0.1) is 24.9 Å². The van der Waals surface area contributed by atoms with Crippen molar-refractivity contribution < 1.29 is 9.47 Å². The molecule has 0 amide bonds. The molecule has 0 fully saturated rings. The Balaban J connectivity index is 2.56. The van der Waals surface area contributed by atoms with E-state index < -0.39 is 5.56 Å². The molecule has 0 aliphatic heterocycles. The highest BCUT2D eigenvalue weighted by atomic mass is 79.9. The van der Waals surface area contributed by atoms with Gasteiger partial charge in [-0.2, -0.15) is 10.4 Å². The van der Waals surface area contributed by atoms with Crippen LogP contribution in [-0.4, -0.2) is 25.1 Å². The Hall–Kier alpha value is -2.59. The molecule has 124 valence electrons. The molecule has 7 heteroatoms. The summed E-state index contributed by atoms with van der Waals surface area (Å²) in [4.78, 5) is 12.4. The van der Waals surface area contributed by atoms with E-state index in [0.29, 0.717) is 28.3 Å². The minimum absolute atomic E-state index is 0.0839. The molecule has 1 aromatic heterocycles. The van der Waals surface area contributed by atoms with Crippen LogP contribution in [0.1, 0.15) is 22.4 Å². The van der Waals surface area contributed by atoms with Gasteiger partial charge in [-0.3, -0.25) is 4.79 Å². The van der Waals surface area contributed by atoms with E-state index in [4.69, 9.17) is 14.7 Å². The Bertz CT molecular complexity index is 911. The third-order valence-corrected chi connectivity index (χ3v) is 4.11. The number of methoxy groups -OCH3 is 2. The van der Waals surface area contributed by atoms with Crippen molar-refractivity contribution in [1.29, 1.82) is 5.26 Å². The maximum atomic E-state index is 12.4. The number of nitrogens with zero attached hydrogens (tertiary/aromatic N) is 3. The van der Waals surface area contributed by atoms with Crippen LogP contribution in [-0.2, 0) is 0 Å². The summed E-state index contributed by atoms with van der Waals surface area (Å²) in [6.45, 7) is 3.48. The van der Waals surface area contributed by atoms with Crippen LogP contribution in [0, 0.1) is 25.2 Å². The van der Waals surface area contributed by atoms with Crippen LogP contribution >= 0.6 is 15.9 Å². The maximum absolute atomic E-state index is 12.4. The van der Waals surface area contributed by atoms with Gasteiger partial charge in [0.15, 0.2) is 0 Å². The summed E-state index contributed by atoms with van der Waals surface area (Å²) in [7, 11) is 3.10. The monoisotopic (exact) mass is 389 g/mol. The van der Waals surface area contributed by atoms with E-state index in [2.05, 4.69) is 21.0 Å². The molecule has 0 N–H and O–H groups in total. The van der Waals surface area contributed by atoms with Gasteiger partial charge in [-0.1, -0.05) is 0 Å². The Kier molecular flexibility index (Phi) is 5.42. The molecule has 1 aromatic carbocycles. The Morgan fingerprint density at radius 3 is 2.46 bits per heavy atom. The Morgan fingerprint density at radius 1 is 1.21 bits per heavy atom. The molecule has 0 radical (unpaired) electrons. The molecule has 0 unspecified atom stereocenters. The molecule has 0 saturated heterocycles. The molecule has 0 saturated carbocycles. The molecule has 0 spiro atoms. The number of ether oxygens (including phenoxy) is 2. The standard InChI is InChI=1S/C17H16BrN3O3/c1-10-5-11(2)21(17(22)13(10)8-19)20-9-12-6-14(18)16(24-4)7-15(12)23-3/h5-7,9H,1-4H3/b20-9-. The fraction of sp³-hybridized carbons (Fsp3) is 0.235. The number of halogens is 1. The van der Waals surface area contributed by atoms with E-state index >= 15 is 0 Å². The van der Waals surface area contributed by atoms with Crippen LogP contribution in [0.3, 0.4) is 0 Å². The second-order valence-corrected chi connectivity index (χ2v) is 5.90. The predicted octanol–water partition coefficient (Wildman–Crippen LogP) is 3.00. The zero-order chi connectivity index (χ0) is 17.9. The molecular weight excluding hydrogens is 374 g/mol. The van der Waals surface area contributed by atoms with E-state index in [1.54, 1.807) is 39.2 Å². The molecular formula is C17H16BrN3O3. The van der Waals surface area contributed by atoms with Gasteiger partial charge in [0.1, 0.15) is 23.1 Å². The van der Waals surface area contributed by atoms with Crippen LogP contribution in [0.5, 0.6) is 11.5 Å². The maximum Gasteiger partial charge on any atom is 0.289 e. The number of pyridine rings is 1. The molecule has 0 bridgehead atoms. The number of aromatic nitrogens is 1. The largest absolute Gasteiger partial charge is 0.496 e. The molecule has 1 heterocycles. The summed E-state index contributed by atoms with van der Waals surface area (Å²) in [5.41, 5.74) is 1.57. The first-order valence-electron chi connectivity index (χ1n) is 7.02. The van der Waals surface area contributed by atoms with Gasteiger partial charge in [0.2, 0.25) is 0 Å². The average Bonchev–Trinajstić information content (AvgIpc) is 2.54. The third-order valence-electron chi connectivity index (χ3n) is 3.49. The first-order chi connectivity index (χ1) is 11.4. The van der Waals surface area contributed by atoms with Gasteiger partial charge in [0.25, 0.3) is 5.56 Å². The number of aryl methyl sites for hydroxylation is 2. The van der Waals surface area contributed by atoms with E-state index in [1.165, 1.54) is 18.0 Å². The number of benzene rings is 1. The normalized spacial score (nSPS) is 10.7. The van der Waals surface area contributed by atoms with Gasteiger partial charge in [-0.25, -0.2) is 4.68 Å². The number of hydrogen-bond donors (Lipinski definition) is 0. The SMILES string of the molecule is COc1cc(OC)c(/C=N\n2c(C)cc(C)c(C#N)c2=O)cc1Br. The zero-order valence-electron chi connectivity index (χ0n) is 13.8. The lowest BCUT2D eigenvalue weighted by Crippen LogP contribution is -2.22. The molecule has 2 rings (SSSR count). The van der Waals surface area contributed by atoms with Crippen LogP contribution < -0.4 is 15.0 Å². The summed E-state index contributed by atoms with van der Waals surface area (Å²) < 4.78 is 12.5. The molecule has 0 aliphatic carbocycles. The highest BCUT2D eigenvalue weighted by molar-refractivity contribution is 9.10. The van der Waals surface area contributed by atoms with Gasteiger partial charge in [-0.15, -0.1) is 0 Å². The van der Waals surface area contributed by atoms with E-state index in [0.717, 1.165) is 4.47 Å². The smallest absolute Gasteiger partial charge is 0.289 e. The van der Waals surface area contributed by atoms with Gasteiger partial charge in [-0.05, 0) is 47.5 Å². The van der Waals surface area contributed by atoms with Crippen molar-refractivity contribution in [1.82, 2.24) is 4.68 Å². The molecule has 6 nitrogen and oxygen atoms in total. The van der Waals surface area contributed by atoms with Gasteiger partial charge >= 0.3 is 0 Å². The topological polar surface area (TPSA) is 76.6 Å². The Labute approximate surface area is 148 Å². The Morgan fingerprint density at radius 2 is 1.88 bits per heavy atom. The molecule has 24 heavy (non-hydrogen) atoms. The van der Waals surface area contributed by atoms with Crippen LogP contribution in [0.2, 0.25) is 0 Å². The first kappa shape index (κ1) is 17.8. The number of nitriles is 1. The lowest BCUT2D eigenvalue weighted by molar-refractivity contribution is 0.392. The van der Waals surface area contributed by atoms with Crippen molar-refractivity contribution in [2.24, 2.45) is 5.10 Å². The first-order valence-corrected chi connectivity index (χ1v) is 7.81. The minimum atomic E-state index is -0.446. The second kappa shape index (κ2) is 7.32. The summed E-state index contributed by atoms with van der Waals surface area (Å²) >= 11 is 3.40. The molecule has 0 atom stereocenters. The van der Waals surface area contributed by atoms with E-state index in [-0.39, 0.29) is 5.56 Å². The van der Waals surface area contributed by atoms with Crippen LogP contribution in [0.15, 0.2) is 32.6 Å². The van der Waals surface area contributed by atoms with Crippen molar-refractivity contribution in [3.63, 3.8) is 0 Å². The summed E-state index contributed by atoms with van der Waals surface area (Å²) in [5, 5.41) is 13.3. The zero-order valence-corrected chi connectivity index (χ0v) is 15.3. The highest BCUT2D eigenvalue weighted by Crippen LogP contribution is 2.31. The lowest BCUT2D eigenvalue weighted by Gasteiger charge is -2.10. The van der Waals surface area contributed by atoms with Crippen molar-refractivity contribution >= 4 is 22.1 Å². The number of rotatable bonds is 4. The summed E-state index contributed by atoms with van der Waals surface area (Å²) in [6, 6.07) is 7.17. The van der Waals surface area contributed by atoms with Gasteiger partial charge < -0.3 is 9.47 Å². The van der Waals surface area contributed by atoms with Crippen molar-refractivity contribution in [3.05, 3.63) is 55.4 Å². The predicted molar refractivity (Wildman–Crippen MR) is 95.1 cm³/mol. The number of hydrogen-bond acceptors (Lipinski definition) is 5. The second-order valence-electron chi connectivity index (χ2n) is 5.05. The van der Waals surface area contributed by atoms with Crippen LogP contribution in [0.4, 0.5) is 0 Å². The third kappa shape index (κ3) is 3.34. The minimum Gasteiger partial charge on any atom is -0.496 e. The van der Waals surface area contributed by atoms with Crippen molar-refractivity contribution in [3.8, 4) is 17.6 Å². The fourth-order valence-corrected chi connectivity index (χ4v) is 2.79. The van der Waals surface area contributed by atoms with Crippen LogP contribution in [0.25, 0.3) is 0 Å². The summed E-state index contributed by atoms with van der Waals surface area (Å²) in [6.07, 6.45) is 1.51. The lowest BCUT2D eigenvalue weighted by atomic mass is 10.1. The van der Waals surface area contributed by atoms with Crippen molar-refractivity contribution in [2.75, 3.05) is 14.2 Å². The fourth-order valence-electron chi connectivity index (χ4n) is 2.27. The van der Waals surface area contributed by atoms with Crippen molar-refractivity contribution in [2.45, 2.75) is 13.8 Å². The van der Waals surface area contributed by atoms with E-state index in [1.807, 2.05) is 6.07 Å². The quantitative estimate of drug-likeness (QED) is 0.753. The molecule has 2 aromatic rings. The average molecular weight is 390 g/mol. The molecule has 0 aliphatic rings. The van der Waals surface area contributed by atoms with Gasteiger partial charge in [0, 0.05) is 17.3 Å².